The summed E-state index contributed by atoms with van der Waals surface area (Å²) in [5, 5.41) is 4.18. The lowest BCUT2D eigenvalue weighted by Gasteiger charge is -2.22. The highest BCUT2D eigenvalue weighted by atomic mass is 32.2. The van der Waals surface area contributed by atoms with Gasteiger partial charge in [0.2, 0.25) is 5.91 Å². The van der Waals surface area contributed by atoms with Crippen LogP contribution in [0.15, 0.2) is 58.5 Å². The topological polar surface area (TPSA) is 41.5 Å². The predicted octanol–water partition coefficient (Wildman–Crippen LogP) is 5.51. The van der Waals surface area contributed by atoms with Gasteiger partial charge in [0.1, 0.15) is 5.82 Å². The molecule has 1 aliphatic carbocycles. The molecule has 2 aromatic rings. The second-order valence-corrected chi connectivity index (χ2v) is 7.93. The van der Waals surface area contributed by atoms with Crippen molar-refractivity contribution in [3.63, 3.8) is 0 Å². The van der Waals surface area contributed by atoms with Crippen LogP contribution in [-0.4, -0.2) is 17.4 Å². The van der Waals surface area contributed by atoms with Gasteiger partial charge in [0, 0.05) is 4.90 Å². The van der Waals surface area contributed by atoms with Crippen LogP contribution in [0, 0.1) is 5.82 Å². The van der Waals surface area contributed by atoms with E-state index in [-0.39, 0.29) is 17.5 Å². The second-order valence-electron chi connectivity index (χ2n) is 6.91. The van der Waals surface area contributed by atoms with Crippen molar-refractivity contribution in [2.75, 3.05) is 5.75 Å². The Morgan fingerprint density at radius 3 is 2.52 bits per heavy atom. The standard InChI is InChI=1S/C22H25FN2OS/c1-16(17-11-13-19(14-12-17)18-7-3-2-4-8-18)24-25-22(26)15-27-21-10-6-5-9-20(21)23/h5-6,9-14,18H,2-4,7-8,15H2,1H3,(H,25,26)/b24-16-. The van der Waals surface area contributed by atoms with Crippen LogP contribution in [0.4, 0.5) is 4.39 Å². The molecule has 27 heavy (non-hydrogen) atoms. The molecule has 0 unspecified atom stereocenters. The van der Waals surface area contributed by atoms with Gasteiger partial charge in [0.15, 0.2) is 0 Å². The van der Waals surface area contributed by atoms with Crippen molar-refractivity contribution in [3.8, 4) is 0 Å². The lowest BCUT2D eigenvalue weighted by molar-refractivity contribution is -0.118. The van der Waals surface area contributed by atoms with Gasteiger partial charge in [-0.15, -0.1) is 11.8 Å². The van der Waals surface area contributed by atoms with Gasteiger partial charge in [0.05, 0.1) is 11.5 Å². The van der Waals surface area contributed by atoms with E-state index in [4.69, 9.17) is 0 Å². The molecule has 3 nitrogen and oxygen atoms in total. The average molecular weight is 385 g/mol. The fraction of sp³-hybridized carbons (Fsp3) is 0.364. The summed E-state index contributed by atoms with van der Waals surface area (Å²) in [6.45, 7) is 1.87. The average Bonchev–Trinajstić information content (AvgIpc) is 2.72. The van der Waals surface area contributed by atoms with E-state index in [0.717, 1.165) is 23.0 Å². The summed E-state index contributed by atoms with van der Waals surface area (Å²) in [6.07, 6.45) is 6.56. The quantitative estimate of drug-likeness (QED) is 0.405. The first-order valence-corrected chi connectivity index (χ1v) is 10.4. The Hall–Kier alpha value is -2.14. The Labute approximate surface area is 164 Å². The van der Waals surface area contributed by atoms with Gasteiger partial charge in [-0.25, -0.2) is 9.82 Å². The van der Waals surface area contributed by atoms with Crippen LogP contribution in [0.3, 0.4) is 0 Å². The summed E-state index contributed by atoms with van der Waals surface area (Å²) in [5.41, 5.74) is 5.71. The number of amides is 1. The molecule has 1 fully saturated rings. The first-order valence-electron chi connectivity index (χ1n) is 9.44. The lowest BCUT2D eigenvalue weighted by atomic mass is 9.84. The van der Waals surface area contributed by atoms with E-state index < -0.39 is 0 Å². The molecule has 1 N–H and O–H groups in total. The Kier molecular flexibility index (Phi) is 7.04. The SMILES string of the molecule is C/C(=N/NC(=O)CSc1ccccc1F)c1ccc(C2CCCCC2)cc1. The maximum absolute atomic E-state index is 13.6. The lowest BCUT2D eigenvalue weighted by Crippen LogP contribution is -2.21. The summed E-state index contributed by atoms with van der Waals surface area (Å²) < 4.78 is 13.6. The van der Waals surface area contributed by atoms with Gasteiger partial charge < -0.3 is 0 Å². The minimum Gasteiger partial charge on any atom is -0.272 e. The van der Waals surface area contributed by atoms with Crippen molar-refractivity contribution in [2.24, 2.45) is 5.10 Å². The van der Waals surface area contributed by atoms with Crippen LogP contribution in [0.1, 0.15) is 56.1 Å². The van der Waals surface area contributed by atoms with E-state index in [9.17, 15) is 9.18 Å². The largest absolute Gasteiger partial charge is 0.272 e. The highest BCUT2D eigenvalue weighted by Gasteiger charge is 2.15. The smallest absolute Gasteiger partial charge is 0.250 e. The normalized spacial score (nSPS) is 15.6. The number of rotatable bonds is 6. The highest BCUT2D eigenvalue weighted by molar-refractivity contribution is 8.00. The predicted molar refractivity (Wildman–Crippen MR) is 110 cm³/mol. The number of carbonyl (C=O) groups excluding carboxylic acids is 1. The molecule has 0 bridgehead atoms. The van der Waals surface area contributed by atoms with Gasteiger partial charge in [-0.2, -0.15) is 5.10 Å². The number of hydrazone groups is 1. The van der Waals surface area contributed by atoms with Gasteiger partial charge in [-0.05, 0) is 48.9 Å². The van der Waals surface area contributed by atoms with Crippen LogP contribution in [-0.2, 0) is 4.79 Å². The summed E-state index contributed by atoms with van der Waals surface area (Å²) in [5.74, 6) is 0.243. The zero-order valence-electron chi connectivity index (χ0n) is 15.6. The number of hydrogen-bond acceptors (Lipinski definition) is 3. The minimum absolute atomic E-state index is 0.123. The van der Waals surface area contributed by atoms with Crippen molar-refractivity contribution < 1.29 is 9.18 Å². The molecular formula is C22H25FN2OS. The van der Waals surface area contributed by atoms with E-state index in [1.807, 2.05) is 6.92 Å². The van der Waals surface area contributed by atoms with Gasteiger partial charge in [-0.3, -0.25) is 4.79 Å². The Bertz CT molecular complexity index is 798. The number of hydrogen-bond donors (Lipinski definition) is 1. The number of nitrogens with zero attached hydrogens (tertiary/aromatic N) is 1. The number of benzene rings is 2. The Balaban J connectivity index is 1.52. The Morgan fingerprint density at radius 1 is 1.11 bits per heavy atom. The maximum atomic E-state index is 13.6. The minimum atomic E-state index is -0.312. The molecule has 0 radical (unpaired) electrons. The van der Waals surface area contributed by atoms with Crippen LogP contribution < -0.4 is 5.43 Å². The summed E-state index contributed by atoms with van der Waals surface area (Å²) in [7, 11) is 0. The molecule has 1 amide bonds. The molecule has 0 aliphatic heterocycles. The molecule has 0 aromatic heterocycles. The van der Waals surface area contributed by atoms with Gasteiger partial charge in [0.25, 0.3) is 0 Å². The zero-order chi connectivity index (χ0) is 19.1. The van der Waals surface area contributed by atoms with Crippen molar-refractivity contribution in [3.05, 3.63) is 65.5 Å². The first kappa shape index (κ1) is 19.6. The van der Waals surface area contributed by atoms with Gasteiger partial charge in [-0.1, -0.05) is 55.7 Å². The number of carbonyl (C=O) groups is 1. The molecule has 1 aliphatic rings. The molecule has 0 heterocycles. The highest BCUT2D eigenvalue weighted by Crippen LogP contribution is 2.32. The monoisotopic (exact) mass is 384 g/mol. The van der Waals surface area contributed by atoms with Crippen LogP contribution >= 0.6 is 11.8 Å². The first-order chi connectivity index (χ1) is 13.1. The summed E-state index contributed by atoms with van der Waals surface area (Å²) in [4.78, 5) is 12.4. The van der Waals surface area contributed by atoms with Crippen LogP contribution in [0.2, 0.25) is 0 Å². The van der Waals surface area contributed by atoms with Crippen LogP contribution in [0.25, 0.3) is 0 Å². The molecule has 142 valence electrons. The fourth-order valence-corrected chi connectivity index (χ4v) is 4.11. The van der Waals surface area contributed by atoms with E-state index >= 15 is 0 Å². The fourth-order valence-electron chi connectivity index (χ4n) is 3.38. The van der Waals surface area contributed by atoms with Gasteiger partial charge >= 0.3 is 0 Å². The molecule has 0 saturated heterocycles. The van der Waals surface area contributed by atoms with E-state index in [1.165, 1.54) is 43.7 Å². The van der Waals surface area contributed by atoms with E-state index in [0.29, 0.717) is 10.8 Å². The summed E-state index contributed by atoms with van der Waals surface area (Å²) >= 11 is 1.16. The van der Waals surface area contributed by atoms with Crippen molar-refractivity contribution in [1.29, 1.82) is 0 Å². The zero-order valence-corrected chi connectivity index (χ0v) is 16.4. The third kappa shape index (κ3) is 5.67. The van der Waals surface area contributed by atoms with Crippen molar-refractivity contribution >= 4 is 23.4 Å². The van der Waals surface area contributed by atoms with E-state index in [1.54, 1.807) is 18.2 Å². The molecular weight excluding hydrogens is 359 g/mol. The molecule has 5 heteroatoms. The van der Waals surface area contributed by atoms with Crippen LogP contribution in [0.5, 0.6) is 0 Å². The van der Waals surface area contributed by atoms with Crippen molar-refractivity contribution in [1.82, 2.24) is 5.43 Å². The number of halogens is 1. The molecule has 1 saturated carbocycles. The van der Waals surface area contributed by atoms with Crippen molar-refractivity contribution in [2.45, 2.75) is 49.8 Å². The second kappa shape index (κ2) is 9.70. The number of thioether (sulfide) groups is 1. The third-order valence-corrected chi connectivity index (χ3v) is 6.00. The third-order valence-electron chi connectivity index (χ3n) is 4.95. The Morgan fingerprint density at radius 2 is 1.81 bits per heavy atom. The molecule has 2 aromatic carbocycles. The van der Waals surface area contributed by atoms with E-state index in [2.05, 4.69) is 34.8 Å². The summed E-state index contributed by atoms with van der Waals surface area (Å²) in [6, 6.07) is 14.9. The number of nitrogens with one attached hydrogen (secondary N) is 1. The molecule has 0 spiro atoms. The molecule has 3 rings (SSSR count). The maximum Gasteiger partial charge on any atom is 0.250 e. The molecule has 0 atom stereocenters.